The van der Waals surface area contributed by atoms with Gasteiger partial charge in [-0.05, 0) is 30.3 Å². The topological polar surface area (TPSA) is 78.9 Å². The van der Waals surface area contributed by atoms with Gasteiger partial charge in [-0.15, -0.1) is 0 Å². The molecule has 0 aliphatic heterocycles. The lowest BCUT2D eigenvalue weighted by Crippen LogP contribution is -1.99. The first-order valence-electron chi connectivity index (χ1n) is 6.01. The van der Waals surface area contributed by atoms with Gasteiger partial charge in [0, 0.05) is 0 Å². The summed E-state index contributed by atoms with van der Waals surface area (Å²) < 4.78 is 15.5. The predicted molar refractivity (Wildman–Crippen MR) is 72.7 cm³/mol. The van der Waals surface area contributed by atoms with Crippen LogP contribution < -0.4 is 0 Å². The highest BCUT2D eigenvalue weighted by atomic mass is 19.1. The normalized spacial score (nSPS) is 10.5. The highest BCUT2D eigenvalue weighted by Crippen LogP contribution is 2.23. The van der Waals surface area contributed by atoms with E-state index in [0.29, 0.717) is 5.52 Å². The average Bonchev–Trinajstić information content (AvgIpc) is 2.90. The van der Waals surface area contributed by atoms with E-state index in [9.17, 15) is 9.18 Å². The molecule has 6 heteroatoms. The third-order valence-corrected chi connectivity index (χ3v) is 3.14. The summed E-state index contributed by atoms with van der Waals surface area (Å²) in [5, 5.41) is 17.9. The second-order valence-corrected chi connectivity index (χ2v) is 4.37. The van der Waals surface area contributed by atoms with Gasteiger partial charge in [-0.2, -0.15) is 5.26 Å². The van der Waals surface area contributed by atoms with Crippen LogP contribution in [0.25, 0.3) is 16.7 Å². The minimum atomic E-state index is -1.09. The predicted octanol–water partition coefficient (Wildman–Crippen LogP) is 2.73. The van der Waals surface area contributed by atoms with Crippen molar-refractivity contribution in [1.29, 1.82) is 5.26 Å². The van der Waals surface area contributed by atoms with Gasteiger partial charge in [0.2, 0.25) is 0 Å². The van der Waals surface area contributed by atoms with E-state index in [-0.39, 0.29) is 22.3 Å². The maximum absolute atomic E-state index is 14.1. The van der Waals surface area contributed by atoms with E-state index in [0.717, 1.165) is 6.07 Å². The number of para-hydroxylation sites is 1. The highest BCUT2D eigenvalue weighted by Gasteiger charge is 2.15. The second-order valence-electron chi connectivity index (χ2n) is 4.37. The number of carboxylic acid groups (broad SMARTS) is 1. The molecule has 0 radical (unpaired) electrons. The molecule has 0 aliphatic rings. The van der Waals surface area contributed by atoms with E-state index in [1.54, 1.807) is 12.1 Å². The fourth-order valence-electron chi connectivity index (χ4n) is 2.18. The van der Waals surface area contributed by atoms with Crippen molar-refractivity contribution in [2.24, 2.45) is 0 Å². The maximum Gasteiger partial charge on any atom is 0.337 e. The van der Waals surface area contributed by atoms with Gasteiger partial charge in [-0.25, -0.2) is 14.2 Å². The van der Waals surface area contributed by atoms with Crippen LogP contribution in [0, 0.1) is 17.1 Å². The van der Waals surface area contributed by atoms with Gasteiger partial charge in [0.1, 0.15) is 17.7 Å². The molecule has 0 spiro atoms. The molecule has 1 heterocycles. The molecule has 0 atom stereocenters. The Morgan fingerprint density at radius 3 is 2.81 bits per heavy atom. The van der Waals surface area contributed by atoms with Gasteiger partial charge in [-0.3, -0.25) is 4.57 Å². The van der Waals surface area contributed by atoms with Crippen LogP contribution in [0.15, 0.2) is 42.7 Å². The van der Waals surface area contributed by atoms with Gasteiger partial charge in [0.15, 0.2) is 0 Å². The minimum Gasteiger partial charge on any atom is -0.478 e. The van der Waals surface area contributed by atoms with E-state index >= 15 is 0 Å². The standard InChI is InChI=1S/C15H8FN3O2/c16-11-6-9(7-17)4-5-12(11)19-8-18-14-10(15(20)21)2-1-3-13(14)19/h1-6,8H,(H,20,21). The number of imidazole rings is 1. The molecule has 1 N–H and O–H groups in total. The third-order valence-electron chi connectivity index (χ3n) is 3.14. The number of aromatic nitrogens is 2. The number of nitriles is 1. The first-order chi connectivity index (χ1) is 10.1. The summed E-state index contributed by atoms with van der Waals surface area (Å²) in [4.78, 5) is 15.2. The molecular formula is C15H8FN3O2. The SMILES string of the molecule is N#Cc1ccc(-n2cnc3c(C(=O)O)cccc32)c(F)c1. The Labute approximate surface area is 118 Å². The van der Waals surface area contributed by atoms with Crippen LogP contribution in [0.4, 0.5) is 4.39 Å². The molecule has 0 fully saturated rings. The Balaban J connectivity index is 2.25. The Morgan fingerprint density at radius 1 is 1.33 bits per heavy atom. The number of nitrogens with zero attached hydrogens (tertiary/aromatic N) is 3. The largest absolute Gasteiger partial charge is 0.478 e. The van der Waals surface area contributed by atoms with E-state index in [1.165, 1.54) is 29.1 Å². The van der Waals surface area contributed by atoms with Crippen molar-refractivity contribution in [1.82, 2.24) is 9.55 Å². The van der Waals surface area contributed by atoms with Crippen molar-refractivity contribution in [2.75, 3.05) is 0 Å². The maximum atomic E-state index is 14.1. The number of aromatic carboxylic acids is 1. The summed E-state index contributed by atoms with van der Waals surface area (Å²) in [6.07, 6.45) is 1.36. The average molecular weight is 281 g/mol. The first kappa shape index (κ1) is 12.8. The molecule has 0 saturated carbocycles. The van der Waals surface area contributed by atoms with Crippen LogP contribution >= 0.6 is 0 Å². The molecule has 0 saturated heterocycles. The molecule has 102 valence electrons. The number of benzene rings is 2. The summed E-state index contributed by atoms with van der Waals surface area (Å²) in [6.45, 7) is 0. The van der Waals surface area contributed by atoms with E-state index in [4.69, 9.17) is 10.4 Å². The molecular weight excluding hydrogens is 273 g/mol. The van der Waals surface area contributed by atoms with Crippen molar-refractivity contribution < 1.29 is 14.3 Å². The summed E-state index contributed by atoms with van der Waals surface area (Å²) in [6, 6.07) is 10.6. The van der Waals surface area contributed by atoms with Crippen molar-refractivity contribution in [3.63, 3.8) is 0 Å². The lowest BCUT2D eigenvalue weighted by atomic mass is 10.1. The van der Waals surface area contributed by atoms with Crippen LogP contribution in [-0.2, 0) is 0 Å². The van der Waals surface area contributed by atoms with Crippen LogP contribution in [0.1, 0.15) is 15.9 Å². The van der Waals surface area contributed by atoms with Crippen LogP contribution in [0.3, 0.4) is 0 Å². The molecule has 5 nitrogen and oxygen atoms in total. The molecule has 0 amide bonds. The van der Waals surface area contributed by atoms with Crippen molar-refractivity contribution in [3.8, 4) is 11.8 Å². The smallest absolute Gasteiger partial charge is 0.337 e. The minimum absolute atomic E-state index is 0.0558. The van der Waals surface area contributed by atoms with Crippen molar-refractivity contribution in [3.05, 3.63) is 59.7 Å². The second kappa shape index (κ2) is 4.72. The number of hydrogen-bond donors (Lipinski definition) is 1. The molecule has 0 aliphatic carbocycles. The number of halogens is 1. The Kier molecular flexibility index (Phi) is 2.88. The monoisotopic (exact) mass is 281 g/mol. The fraction of sp³-hybridized carbons (Fsp3) is 0. The van der Waals surface area contributed by atoms with Crippen molar-refractivity contribution >= 4 is 17.0 Å². The summed E-state index contributed by atoms with van der Waals surface area (Å²) in [7, 11) is 0. The zero-order valence-corrected chi connectivity index (χ0v) is 10.6. The van der Waals surface area contributed by atoms with Crippen LogP contribution in [0.2, 0.25) is 0 Å². The highest BCUT2D eigenvalue weighted by molar-refractivity contribution is 6.01. The van der Waals surface area contributed by atoms with E-state index in [2.05, 4.69) is 4.98 Å². The number of rotatable bonds is 2. The molecule has 0 unspecified atom stereocenters. The lowest BCUT2D eigenvalue weighted by molar-refractivity contribution is 0.0699. The molecule has 2 aromatic carbocycles. The first-order valence-corrected chi connectivity index (χ1v) is 6.01. The number of carbonyl (C=O) groups is 1. The third kappa shape index (κ3) is 2.01. The van der Waals surface area contributed by atoms with Crippen molar-refractivity contribution in [2.45, 2.75) is 0 Å². The Bertz CT molecular complexity index is 909. The lowest BCUT2D eigenvalue weighted by Gasteiger charge is -2.06. The zero-order valence-electron chi connectivity index (χ0n) is 10.6. The van der Waals surface area contributed by atoms with Gasteiger partial charge in [0.05, 0.1) is 28.4 Å². The van der Waals surface area contributed by atoms with Gasteiger partial charge >= 0.3 is 5.97 Å². The molecule has 0 bridgehead atoms. The van der Waals surface area contributed by atoms with E-state index < -0.39 is 11.8 Å². The fourth-order valence-corrected chi connectivity index (χ4v) is 2.18. The quantitative estimate of drug-likeness (QED) is 0.783. The zero-order chi connectivity index (χ0) is 15.0. The van der Waals surface area contributed by atoms with E-state index in [1.807, 2.05) is 6.07 Å². The van der Waals surface area contributed by atoms with Gasteiger partial charge < -0.3 is 5.11 Å². The summed E-state index contributed by atoms with van der Waals surface area (Å²) in [5.41, 5.74) is 1.25. The van der Waals surface area contributed by atoms with Crippen LogP contribution in [-0.4, -0.2) is 20.6 Å². The summed E-state index contributed by atoms with van der Waals surface area (Å²) in [5.74, 6) is -1.67. The molecule has 21 heavy (non-hydrogen) atoms. The Morgan fingerprint density at radius 2 is 2.14 bits per heavy atom. The molecule has 3 rings (SSSR count). The Hall–Kier alpha value is -3.20. The van der Waals surface area contributed by atoms with Gasteiger partial charge in [-0.1, -0.05) is 6.07 Å². The molecule has 1 aromatic heterocycles. The van der Waals surface area contributed by atoms with Crippen LogP contribution in [0.5, 0.6) is 0 Å². The number of fused-ring (bicyclic) bond motifs is 1. The number of hydrogen-bond acceptors (Lipinski definition) is 3. The number of carboxylic acids is 1. The molecule has 3 aromatic rings. The summed E-state index contributed by atoms with van der Waals surface area (Å²) >= 11 is 0. The van der Waals surface area contributed by atoms with Gasteiger partial charge in [0.25, 0.3) is 0 Å².